The molecule has 0 aliphatic carbocycles. The molecule has 6 heteroatoms. The van der Waals surface area contributed by atoms with E-state index in [4.69, 9.17) is 10.5 Å². The first-order valence-electron chi connectivity index (χ1n) is 11.7. The van der Waals surface area contributed by atoms with E-state index in [1.807, 2.05) is 60.7 Å². The van der Waals surface area contributed by atoms with E-state index in [2.05, 4.69) is 7.05 Å². The number of rotatable bonds is 9. The zero-order valence-electron chi connectivity index (χ0n) is 19.4. The predicted molar refractivity (Wildman–Crippen MR) is 128 cm³/mol. The number of benzene rings is 3. The fourth-order valence-corrected chi connectivity index (χ4v) is 5.51. The smallest absolute Gasteiger partial charge is 0.233 e. The molecule has 0 bridgehead atoms. The summed E-state index contributed by atoms with van der Waals surface area (Å²) in [6.07, 6.45) is 1.48. The van der Waals surface area contributed by atoms with Gasteiger partial charge in [-0.25, -0.2) is 8.78 Å². The van der Waals surface area contributed by atoms with Crippen LogP contribution in [0.1, 0.15) is 24.0 Å². The van der Waals surface area contributed by atoms with Crippen molar-refractivity contribution < 1.29 is 22.8 Å². The van der Waals surface area contributed by atoms with E-state index >= 15 is 0 Å². The lowest BCUT2D eigenvalue weighted by Crippen LogP contribution is -2.51. The maximum Gasteiger partial charge on any atom is 0.233 e. The second kappa shape index (κ2) is 9.94. The van der Waals surface area contributed by atoms with Crippen LogP contribution in [0, 0.1) is 17.6 Å². The quantitative estimate of drug-likeness (QED) is 0.369. The first-order chi connectivity index (χ1) is 16.4. The third-order valence-corrected chi connectivity index (χ3v) is 7.15. The minimum absolute atomic E-state index is 0.0183. The molecule has 3 aromatic rings. The lowest BCUT2D eigenvalue weighted by atomic mass is 9.64. The van der Waals surface area contributed by atoms with E-state index in [-0.39, 0.29) is 24.2 Å². The normalized spacial score (nSPS) is 20.3. The van der Waals surface area contributed by atoms with Crippen LogP contribution in [0.25, 0.3) is 0 Å². The highest BCUT2D eigenvalue weighted by molar-refractivity contribution is 5.91. The van der Waals surface area contributed by atoms with Crippen LogP contribution in [-0.2, 0) is 10.2 Å². The number of primary amides is 1. The average molecular weight is 466 g/mol. The molecule has 1 fully saturated rings. The van der Waals surface area contributed by atoms with Crippen molar-refractivity contribution in [1.29, 1.82) is 0 Å². The molecule has 0 aromatic heterocycles. The molecule has 4 nitrogen and oxygen atoms in total. The summed E-state index contributed by atoms with van der Waals surface area (Å²) in [6, 6.07) is 23.3. The van der Waals surface area contributed by atoms with Gasteiger partial charge in [-0.05, 0) is 23.3 Å². The molecule has 0 radical (unpaired) electrons. The van der Waals surface area contributed by atoms with Crippen molar-refractivity contribution in [1.82, 2.24) is 0 Å². The molecule has 0 spiro atoms. The maximum atomic E-state index is 13.8. The Labute approximate surface area is 199 Å². The van der Waals surface area contributed by atoms with Gasteiger partial charge in [-0.15, -0.1) is 0 Å². The summed E-state index contributed by atoms with van der Waals surface area (Å²) in [5, 5.41) is 0. The van der Waals surface area contributed by atoms with E-state index in [0.29, 0.717) is 6.42 Å². The van der Waals surface area contributed by atoms with Gasteiger partial charge in [0.2, 0.25) is 5.91 Å². The summed E-state index contributed by atoms with van der Waals surface area (Å²) in [4.78, 5) is 13.2. The number of carbonyl (C=O) groups excluding carboxylic acids is 1. The molecule has 3 aromatic carbocycles. The van der Waals surface area contributed by atoms with Crippen molar-refractivity contribution in [2.24, 2.45) is 11.7 Å². The Morgan fingerprint density at radius 2 is 1.53 bits per heavy atom. The standard InChI is InChI=1S/C28H30F2N2O2/c1-32(17-9-19-34-26-24(29)14-8-15-25(26)30)18-16-23(20-32)28(27(31)33,21-10-4-2-5-11-21)22-12-6-3-7-13-22/h2-8,10-15,23H,9,16-20H2,1H3,(H-,31,33)/p+1/t23?,32-/m1/s1. The van der Waals surface area contributed by atoms with Crippen LogP contribution >= 0.6 is 0 Å². The molecule has 2 atom stereocenters. The van der Waals surface area contributed by atoms with Crippen molar-refractivity contribution in [2.45, 2.75) is 18.3 Å². The van der Waals surface area contributed by atoms with Gasteiger partial charge in [-0.3, -0.25) is 4.79 Å². The molecular weight excluding hydrogens is 434 g/mol. The Morgan fingerprint density at radius 1 is 0.971 bits per heavy atom. The van der Waals surface area contributed by atoms with Gasteiger partial charge < -0.3 is 15.0 Å². The minimum atomic E-state index is -0.925. The van der Waals surface area contributed by atoms with Gasteiger partial charge in [0.05, 0.1) is 33.3 Å². The Kier molecular flexibility index (Phi) is 6.98. The van der Waals surface area contributed by atoms with Gasteiger partial charge in [-0.1, -0.05) is 66.7 Å². The van der Waals surface area contributed by atoms with Crippen molar-refractivity contribution in [3.8, 4) is 5.75 Å². The van der Waals surface area contributed by atoms with Gasteiger partial charge in [-0.2, -0.15) is 0 Å². The van der Waals surface area contributed by atoms with Gasteiger partial charge in [0, 0.05) is 18.8 Å². The third-order valence-electron chi connectivity index (χ3n) is 7.15. The zero-order valence-corrected chi connectivity index (χ0v) is 19.4. The predicted octanol–water partition coefficient (Wildman–Crippen LogP) is 4.67. The fourth-order valence-electron chi connectivity index (χ4n) is 5.51. The van der Waals surface area contributed by atoms with Gasteiger partial charge in [0.1, 0.15) is 5.41 Å². The Morgan fingerprint density at radius 3 is 2.06 bits per heavy atom. The van der Waals surface area contributed by atoms with E-state index < -0.39 is 17.0 Å². The number of hydrogen-bond donors (Lipinski definition) is 1. The van der Waals surface area contributed by atoms with Crippen LogP contribution in [0.3, 0.4) is 0 Å². The molecule has 2 N–H and O–H groups in total. The Balaban J connectivity index is 1.52. The second-order valence-electron chi connectivity index (χ2n) is 9.39. The van der Waals surface area contributed by atoms with Crippen LogP contribution in [0.15, 0.2) is 78.9 Å². The highest BCUT2D eigenvalue weighted by atomic mass is 19.1. The number of hydrogen-bond acceptors (Lipinski definition) is 2. The molecule has 4 rings (SSSR count). The molecule has 1 amide bonds. The second-order valence-corrected chi connectivity index (χ2v) is 9.39. The van der Waals surface area contributed by atoms with Gasteiger partial charge >= 0.3 is 0 Å². The number of nitrogens with zero attached hydrogens (tertiary/aromatic N) is 1. The summed E-state index contributed by atoms with van der Waals surface area (Å²) >= 11 is 0. The summed E-state index contributed by atoms with van der Waals surface area (Å²) in [5.41, 5.74) is 7.07. The monoisotopic (exact) mass is 465 g/mol. The van der Waals surface area contributed by atoms with Crippen LogP contribution in [-0.4, -0.2) is 43.7 Å². The van der Waals surface area contributed by atoms with Crippen molar-refractivity contribution >= 4 is 5.91 Å². The van der Waals surface area contributed by atoms with Crippen LogP contribution in [0.5, 0.6) is 5.75 Å². The third kappa shape index (κ3) is 4.55. The molecule has 1 unspecified atom stereocenters. The molecule has 178 valence electrons. The van der Waals surface area contributed by atoms with Crippen LogP contribution in [0.2, 0.25) is 0 Å². The SMILES string of the molecule is C[N@@+]1(CCCOc2c(F)cccc2F)CCC(C(C(N)=O)(c2ccccc2)c2ccccc2)C1. The van der Waals surface area contributed by atoms with E-state index in [0.717, 1.165) is 41.7 Å². The number of quaternary nitrogens is 1. The first-order valence-corrected chi connectivity index (χ1v) is 11.7. The number of para-hydroxylation sites is 1. The van der Waals surface area contributed by atoms with Crippen LogP contribution in [0.4, 0.5) is 8.78 Å². The summed E-state index contributed by atoms with van der Waals surface area (Å²) in [7, 11) is 2.16. The Hall–Kier alpha value is -3.25. The van der Waals surface area contributed by atoms with E-state index in [1.165, 1.54) is 18.2 Å². The first kappa shape index (κ1) is 23.9. The topological polar surface area (TPSA) is 52.3 Å². The molecule has 34 heavy (non-hydrogen) atoms. The number of ether oxygens (including phenoxy) is 1. The largest absolute Gasteiger partial charge is 0.487 e. The highest BCUT2D eigenvalue weighted by Crippen LogP contribution is 2.45. The Bertz CT molecular complexity index is 1060. The molecule has 1 aliphatic rings. The zero-order chi connectivity index (χ0) is 24.2. The molecule has 0 saturated carbocycles. The van der Waals surface area contributed by atoms with Crippen molar-refractivity contribution in [2.75, 3.05) is 33.3 Å². The van der Waals surface area contributed by atoms with E-state index in [1.54, 1.807) is 0 Å². The summed E-state index contributed by atoms with van der Waals surface area (Å²) in [6.45, 7) is 2.63. The molecule has 1 aliphatic heterocycles. The van der Waals surface area contributed by atoms with E-state index in [9.17, 15) is 13.6 Å². The summed E-state index contributed by atoms with van der Waals surface area (Å²) in [5.74, 6) is -2.05. The van der Waals surface area contributed by atoms with Crippen molar-refractivity contribution in [3.63, 3.8) is 0 Å². The average Bonchev–Trinajstić information content (AvgIpc) is 3.22. The number of amides is 1. The molecule has 1 saturated heterocycles. The van der Waals surface area contributed by atoms with Crippen molar-refractivity contribution in [3.05, 3.63) is 102 Å². The lowest BCUT2D eigenvalue weighted by Gasteiger charge is -2.38. The molecular formula is C28H31F2N2O2+. The number of nitrogens with two attached hydrogens (primary N) is 1. The minimum Gasteiger partial charge on any atom is -0.487 e. The lowest BCUT2D eigenvalue weighted by molar-refractivity contribution is -0.899. The number of carbonyl (C=O) groups is 1. The number of likely N-dealkylation sites (tertiary alicyclic amines) is 1. The molecule has 1 heterocycles. The highest BCUT2D eigenvalue weighted by Gasteiger charge is 2.53. The van der Waals surface area contributed by atoms with Gasteiger partial charge in [0.15, 0.2) is 17.4 Å². The fraction of sp³-hybridized carbons (Fsp3) is 0.321. The van der Waals surface area contributed by atoms with Crippen LogP contribution < -0.4 is 10.5 Å². The number of halogens is 2. The van der Waals surface area contributed by atoms with Gasteiger partial charge in [0.25, 0.3) is 0 Å². The maximum absolute atomic E-state index is 13.8. The summed E-state index contributed by atoms with van der Waals surface area (Å²) < 4.78 is 33.8.